The van der Waals surface area contributed by atoms with Gasteiger partial charge in [-0.25, -0.2) is 8.42 Å². The Balaban J connectivity index is 2.27. The van der Waals surface area contributed by atoms with Crippen molar-refractivity contribution in [2.45, 2.75) is 76.7 Å². The minimum absolute atomic E-state index is 0.0966. The number of sulfonamides is 1. The van der Waals surface area contributed by atoms with Gasteiger partial charge in [-0.3, -0.25) is 0 Å². The SMILES string of the molecule is C=C[C@@H]1[C@@H](CO[Si](C)(C)C(C)(C)C)N1S(=O)(=O)c1c(C)cc(C)cc1C. The third kappa shape index (κ3) is 3.83. The molecule has 0 aromatic heterocycles. The molecule has 6 heteroatoms. The van der Waals surface area contributed by atoms with Gasteiger partial charge in [-0.05, 0) is 50.0 Å². The van der Waals surface area contributed by atoms with Crippen molar-refractivity contribution in [1.29, 1.82) is 0 Å². The van der Waals surface area contributed by atoms with Crippen LogP contribution in [-0.2, 0) is 14.4 Å². The summed E-state index contributed by atoms with van der Waals surface area (Å²) in [4.78, 5) is 0.421. The highest BCUT2D eigenvalue weighted by atomic mass is 32.2. The first-order chi connectivity index (χ1) is 11.7. The summed E-state index contributed by atoms with van der Waals surface area (Å²) in [6.07, 6.45) is 1.72. The first kappa shape index (κ1) is 21.3. The molecule has 1 aliphatic heterocycles. The fourth-order valence-electron chi connectivity index (χ4n) is 3.24. The highest BCUT2D eigenvalue weighted by Crippen LogP contribution is 2.41. The summed E-state index contributed by atoms with van der Waals surface area (Å²) in [6, 6.07) is 3.50. The molecule has 2 rings (SSSR count). The third-order valence-electron chi connectivity index (χ3n) is 5.73. The van der Waals surface area contributed by atoms with Crippen LogP contribution in [0.25, 0.3) is 0 Å². The zero-order valence-electron chi connectivity index (χ0n) is 17.4. The number of rotatable bonds is 6. The average molecular weight is 396 g/mol. The first-order valence-corrected chi connectivity index (χ1v) is 13.5. The Hall–Kier alpha value is -0.953. The molecule has 0 radical (unpaired) electrons. The monoisotopic (exact) mass is 395 g/mol. The summed E-state index contributed by atoms with van der Waals surface area (Å²) in [5.41, 5.74) is 2.66. The molecule has 1 fully saturated rings. The van der Waals surface area contributed by atoms with E-state index in [1.807, 2.05) is 32.9 Å². The molecule has 26 heavy (non-hydrogen) atoms. The van der Waals surface area contributed by atoms with Crippen LogP contribution in [0.4, 0.5) is 0 Å². The highest BCUT2D eigenvalue weighted by molar-refractivity contribution is 7.89. The lowest BCUT2D eigenvalue weighted by Crippen LogP contribution is -2.42. The lowest BCUT2D eigenvalue weighted by molar-refractivity contribution is 0.281. The number of nitrogens with zero attached hydrogens (tertiary/aromatic N) is 1. The van der Waals surface area contributed by atoms with Gasteiger partial charge >= 0.3 is 0 Å². The predicted molar refractivity (Wildman–Crippen MR) is 111 cm³/mol. The minimum Gasteiger partial charge on any atom is -0.415 e. The van der Waals surface area contributed by atoms with E-state index in [0.717, 1.165) is 16.7 Å². The van der Waals surface area contributed by atoms with Gasteiger partial charge in [-0.2, -0.15) is 4.31 Å². The van der Waals surface area contributed by atoms with E-state index >= 15 is 0 Å². The van der Waals surface area contributed by atoms with Crippen LogP contribution in [0.1, 0.15) is 37.5 Å². The lowest BCUT2D eigenvalue weighted by atomic mass is 10.1. The standard InChI is InChI=1S/C20H33NO3SSi/c1-10-17-18(13-24-26(8,9)20(5,6)7)21(17)25(22,23)19-15(3)11-14(2)12-16(19)4/h10-12,17-18H,1,13H2,2-9H3/t17-,18-,21?/m1/s1. The molecule has 0 saturated carbocycles. The van der Waals surface area contributed by atoms with Crippen LogP contribution in [0.3, 0.4) is 0 Å². The van der Waals surface area contributed by atoms with E-state index in [1.165, 1.54) is 0 Å². The predicted octanol–water partition coefficient (Wildman–Crippen LogP) is 4.56. The van der Waals surface area contributed by atoms with E-state index < -0.39 is 18.3 Å². The Bertz CT molecular complexity index is 786. The molecular weight excluding hydrogens is 362 g/mol. The molecule has 0 amide bonds. The largest absolute Gasteiger partial charge is 0.415 e. The van der Waals surface area contributed by atoms with Crippen molar-refractivity contribution in [3.8, 4) is 0 Å². The molecule has 1 heterocycles. The molecule has 146 valence electrons. The molecule has 1 aliphatic rings. The van der Waals surface area contributed by atoms with Crippen LogP contribution in [0.2, 0.25) is 18.1 Å². The van der Waals surface area contributed by atoms with Gasteiger partial charge in [-0.15, -0.1) is 6.58 Å². The molecular formula is C20H33NO3SSi. The molecule has 1 aromatic carbocycles. The van der Waals surface area contributed by atoms with Gasteiger partial charge in [0, 0.05) is 0 Å². The molecule has 0 N–H and O–H groups in total. The summed E-state index contributed by atoms with van der Waals surface area (Å²) >= 11 is 0. The number of hydrogen-bond donors (Lipinski definition) is 0. The van der Waals surface area contributed by atoms with Gasteiger partial charge in [-0.1, -0.05) is 44.5 Å². The van der Waals surface area contributed by atoms with Crippen molar-refractivity contribution >= 4 is 18.3 Å². The minimum atomic E-state index is -3.56. The Morgan fingerprint density at radius 2 is 1.69 bits per heavy atom. The quantitative estimate of drug-likeness (QED) is 0.403. The second-order valence-corrected chi connectivity index (χ2v) is 15.5. The van der Waals surface area contributed by atoms with E-state index in [4.69, 9.17) is 4.43 Å². The Kier molecular flexibility index (Phi) is 5.66. The van der Waals surface area contributed by atoms with Crippen LogP contribution in [-0.4, -0.2) is 39.7 Å². The molecule has 1 unspecified atom stereocenters. The maximum Gasteiger partial charge on any atom is 0.244 e. The van der Waals surface area contributed by atoms with Crippen molar-refractivity contribution in [3.05, 3.63) is 41.5 Å². The highest BCUT2D eigenvalue weighted by Gasteiger charge is 2.55. The summed E-state index contributed by atoms with van der Waals surface area (Å²) in [7, 11) is -5.48. The van der Waals surface area contributed by atoms with Gasteiger partial charge in [0.1, 0.15) is 0 Å². The molecule has 0 bridgehead atoms. The Labute approximate surface area is 160 Å². The smallest absolute Gasteiger partial charge is 0.244 e. The number of aryl methyl sites for hydroxylation is 3. The third-order valence-corrected chi connectivity index (χ3v) is 12.5. The van der Waals surface area contributed by atoms with Gasteiger partial charge in [0.25, 0.3) is 0 Å². The lowest BCUT2D eigenvalue weighted by Gasteiger charge is -2.36. The maximum absolute atomic E-state index is 13.3. The van der Waals surface area contributed by atoms with Crippen LogP contribution in [0, 0.1) is 20.8 Å². The summed E-state index contributed by atoms with van der Waals surface area (Å²) in [5.74, 6) is 0. The van der Waals surface area contributed by atoms with Crippen molar-refractivity contribution in [2.24, 2.45) is 0 Å². The Morgan fingerprint density at radius 1 is 1.19 bits per heavy atom. The van der Waals surface area contributed by atoms with E-state index in [2.05, 4.69) is 40.4 Å². The first-order valence-electron chi connectivity index (χ1n) is 9.12. The molecule has 4 nitrogen and oxygen atoms in total. The molecule has 1 aromatic rings. The molecule has 3 atom stereocenters. The fraction of sp³-hybridized carbons (Fsp3) is 0.600. The van der Waals surface area contributed by atoms with Crippen molar-refractivity contribution in [1.82, 2.24) is 4.31 Å². The maximum atomic E-state index is 13.3. The van der Waals surface area contributed by atoms with Crippen LogP contribution in [0.5, 0.6) is 0 Å². The number of benzene rings is 1. The Morgan fingerprint density at radius 3 is 2.12 bits per heavy atom. The van der Waals surface area contributed by atoms with Gasteiger partial charge < -0.3 is 4.43 Å². The van der Waals surface area contributed by atoms with Crippen LogP contribution >= 0.6 is 0 Å². The molecule has 0 aliphatic carbocycles. The molecule has 0 spiro atoms. The zero-order chi connectivity index (χ0) is 20.1. The van der Waals surface area contributed by atoms with Crippen molar-refractivity contribution < 1.29 is 12.8 Å². The van der Waals surface area contributed by atoms with E-state index in [-0.39, 0.29) is 17.1 Å². The van der Waals surface area contributed by atoms with Crippen molar-refractivity contribution in [3.63, 3.8) is 0 Å². The fourth-order valence-corrected chi connectivity index (χ4v) is 6.44. The van der Waals surface area contributed by atoms with Crippen LogP contribution in [0.15, 0.2) is 29.7 Å². The van der Waals surface area contributed by atoms with Gasteiger partial charge in [0.15, 0.2) is 8.32 Å². The average Bonchev–Trinajstić information content (AvgIpc) is 3.16. The van der Waals surface area contributed by atoms with Gasteiger partial charge in [0.2, 0.25) is 10.0 Å². The summed E-state index contributed by atoms with van der Waals surface area (Å²) < 4.78 is 34.4. The summed E-state index contributed by atoms with van der Waals surface area (Å²) in [6.45, 7) is 20.9. The van der Waals surface area contributed by atoms with E-state index in [0.29, 0.717) is 11.5 Å². The second-order valence-electron chi connectivity index (χ2n) is 8.93. The topological polar surface area (TPSA) is 46.4 Å². The van der Waals surface area contributed by atoms with Crippen molar-refractivity contribution in [2.75, 3.05) is 6.61 Å². The zero-order valence-corrected chi connectivity index (χ0v) is 19.2. The normalized spacial score (nSPS) is 23.8. The van der Waals surface area contributed by atoms with Crippen LogP contribution < -0.4 is 0 Å². The second kappa shape index (κ2) is 6.89. The van der Waals surface area contributed by atoms with E-state index in [1.54, 1.807) is 10.4 Å². The van der Waals surface area contributed by atoms with Gasteiger partial charge in [0.05, 0.1) is 23.6 Å². The van der Waals surface area contributed by atoms with E-state index in [9.17, 15) is 8.42 Å². The molecule has 1 saturated heterocycles. The number of hydrogen-bond acceptors (Lipinski definition) is 3. The summed E-state index contributed by atoms with van der Waals surface area (Å²) in [5, 5.41) is 0.0966.